The number of carbonyl (C=O) groups excluding carboxylic acids is 1. The van der Waals surface area contributed by atoms with E-state index in [9.17, 15) is 9.59 Å². The number of carboxylic acids is 1. The van der Waals surface area contributed by atoms with Crippen molar-refractivity contribution in [1.29, 1.82) is 0 Å². The number of amides is 2. The summed E-state index contributed by atoms with van der Waals surface area (Å²) in [5.41, 5.74) is 0. The summed E-state index contributed by atoms with van der Waals surface area (Å²) in [4.78, 5) is 24.1. The molecule has 7 nitrogen and oxygen atoms in total. The van der Waals surface area contributed by atoms with Crippen LogP contribution in [-0.2, 0) is 9.53 Å². The number of carboxylic acid groups (broad SMARTS) is 1. The van der Waals surface area contributed by atoms with Gasteiger partial charge in [-0.3, -0.25) is 0 Å². The maximum atomic E-state index is 11.8. The molecule has 0 unspecified atom stereocenters. The van der Waals surface area contributed by atoms with E-state index in [1.165, 1.54) is 4.90 Å². The molecule has 0 radical (unpaired) electrons. The van der Waals surface area contributed by atoms with Gasteiger partial charge in [0.05, 0.1) is 6.61 Å². The third-order valence-electron chi connectivity index (χ3n) is 2.52. The molecule has 17 heavy (non-hydrogen) atoms. The molecule has 1 heterocycles. The Morgan fingerprint density at radius 3 is 2.76 bits per heavy atom. The second-order valence-electron chi connectivity index (χ2n) is 3.81. The normalized spacial score (nSPS) is 18.3. The fourth-order valence-electron chi connectivity index (χ4n) is 1.58. The molecule has 1 aliphatic rings. The van der Waals surface area contributed by atoms with Crippen LogP contribution in [0.25, 0.3) is 0 Å². The Balaban J connectivity index is 2.47. The highest BCUT2D eigenvalue weighted by Crippen LogP contribution is 2.01. The maximum absolute atomic E-state index is 11.8. The van der Waals surface area contributed by atoms with Crippen molar-refractivity contribution >= 4 is 12.0 Å². The van der Waals surface area contributed by atoms with Crippen molar-refractivity contribution in [2.45, 2.75) is 18.9 Å². The van der Waals surface area contributed by atoms with Crippen molar-refractivity contribution in [1.82, 2.24) is 10.2 Å². The van der Waals surface area contributed by atoms with Crippen molar-refractivity contribution in [3.8, 4) is 0 Å². The zero-order valence-corrected chi connectivity index (χ0v) is 9.59. The van der Waals surface area contributed by atoms with Crippen LogP contribution in [0.2, 0.25) is 0 Å². The van der Waals surface area contributed by atoms with E-state index < -0.39 is 18.0 Å². The molecule has 1 rings (SSSR count). The zero-order valence-electron chi connectivity index (χ0n) is 9.59. The van der Waals surface area contributed by atoms with Gasteiger partial charge in [-0.15, -0.1) is 0 Å². The van der Waals surface area contributed by atoms with E-state index in [1.54, 1.807) is 0 Å². The minimum atomic E-state index is -1.14. The molecular weight excluding hydrogens is 228 g/mol. The van der Waals surface area contributed by atoms with E-state index in [4.69, 9.17) is 14.9 Å². The van der Waals surface area contributed by atoms with Crippen LogP contribution in [0, 0.1) is 0 Å². The van der Waals surface area contributed by atoms with Gasteiger partial charge in [0.1, 0.15) is 6.04 Å². The molecule has 0 saturated carbocycles. The average Bonchev–Trinajstić information content (AvgIpc) is 2.56. The molecule has 0 aromatic rings. The van der Waals surface area contributed by atoms with Crippen LogP contribution in [0.15, 0.2) is 0 Å². The van der Waals surface area contributed by atoms with E-state index in [1.807, 2.05) is 0 Å². The van der Waals surface area contributed by atoms with Gasteiger partial charge >= 0.3 is 12.0 Å². The highest BCUT2D eigenvalue weighted by atomic mass is 16.5. The molecule has 3 N–H and O–H groups in total. The fourth-order valence-corrected chi connectivity index (χ4v) is 1.58. The molecule has 98 valence electrons. The number of nitrogens with zero attached hydrogens (tertiary/aromatic N) is 1. The highest BCUT2D eigenvalue weighted by molar-refractivity contribution is 5.82. The molecule has 2 amide bonds. The Hall–Kier alpha value is -1.34. The molecule has 0 aromatic carbocycles. The third kappa shape index (κ3) is 4.58. The average molecular weight is 246 g/mol. The van der Waals surface area contributed by atoms with Gasteiger partial charge < -0.3 is 25.2 Å². The Kier molecular flexibility index (Phi) is 5.71. The highest BCUT2D eigenvalue weighted by Gasteiger charge is 2.23. The SMILES string of the molecule is O=C(O)[C@H](CCO)NC(=O)N1CCCOCC1. The summed E-state index contributed by atoms with van der Waals surface area (Å²) in [5.74, 6) is -1.14. The van der Waals surface area contributed by atoms with Crippen LogP contribution < -0.4 is 5.32 Å². The summed E-state index contributed by atoms with van der Waals surface area (Å²) >= 11 is 0. The monoisotopic (exact) mass is 246 g/mol. The number of ether oxygens (including phenoxy) is 1. The van der Waals surface area contributed by atoms with Crippen LogP contribution in [0.4, 0.5) is 4.79 Å². The standard InChI is InChI=1S/C10H18N2O5/c13-5-2-8(9(14)15)11-10(16)12-3-1-6-17-7-4-12/h8,13H,1-7H2,(H,11,16)(H,14,15)/t8-/m0/s1. The summed E-state index contributed by atoms with van der Waals surface area (Å²) in [6.07, 6.45) is 0.747. The summed E-state index contributed by atoms with van der Waals surface area (Å²) in [6, 6.07) is -1.46. The predicted molar refractivity (Wildman–Crippen MR) is 58.7 cm³/mol. The maximum Gasteiger partial charge on any atom is 0.326 e. The van der Waals surface area contributed by atoms with Gasteiger partial charge in [0.15, 0.2) is 0 Å². The Morgan fingerprint density at radius 2 is 2.12 bits per heavy atom. The van der Waals surface area contributed by atoms with Crippen molar-refractivity contribution in [3.05, 3.63) is 0 Å². The van der Waals surface area contributed by atoms with Crippen molar-refractivity contribution < 1.29 is 24.5 Å². The molecule has 0 spiro atoms. The van der Waals surface area contributed by atoms with E-state index in [0.717, 1.165) is 6.42 Å². The van der Waals surface area contributed by atoms with Crippen LogP contribution in [-0.4, -0.2) is 66.1 Å². The Bertz CT molecular complexity index is 263. The van der Waals surface area contributed by atoms with Gasteiger partial charge in [-0.05, 0) is 6.42 Å². The van der Waals surface area contributed by atoms with Crippen LogP contribution >= 0.6 is 0 Å². The number of hydrogen-bond donors (Lipinski definition) is 3. The lowest BCUT2D eigenvalue weighted by Gasteiger charge is -2.22. The second kappa shape index (κ2) is 7.08. The van der Waals surface area contributed by atoms with Crippen LogP contribution in [0.1, 0.15) is 12.8 Å². The lowest BCUT2D eigenvalue weighted by Crippen LogP contribution is -2.49. The van der Waals surface area contributed by atoms with Crippen molar-refractivity contribution in [2.75, 3.05) is 32.9 Å². The van der Waals surface area contributed by atoms with E-state index in [2.05, 4.69) is 5.32 Å². The van der Waals surface area contributed by atoms with Crippen LogP contribution in [0.5, 0.6) is 0 Å². The Labute approximate surface area is 99.4 Å². The molecule has 0 bridgehead atoms. The number of aliphatic carboxylic acids is 1. The molecular formula is C10H18N2O5. The number of aliphatic hydroxyl groups excluding tert-OH is 1. The van der Waals surface area contributed by atoms with E-state index >= 15 is 0 Å². The predicted octanol–water partition coefficient (Wildman–Crippen LogP) is -0.746. The largest absolute Gasteiger partial charge is 0.480 e. The fraction of sp³-hybridized carbons (Fsp3) is 0.800. The van der Waals surface area contributed by atoms with E-state index in [0.29, 0.717) is 26.3 Å². The summed E-state index contributed by atoms with van der Waals surface area (Å²) in [6.45, 7) is 1.81. The molecule has 1 atom stereocenters. The van der Waals surface area contributed by atoms with Gasteiger partial charge in [0, 0.05) is 32.7 Å². The topological polar surface area (TPSA) is 99.1 Å². The molecule has 1 aliphatic heterocycles. The number of urea groups is 1. The van der Waals surface area contributed by atoms with E-state index in [-0.39, 0.29) is 13.0 Å². The van der Waals surface area contributed by atoms with Gasteiger partial charge in [-0.25, -0.2) is 9.59 Å². The summed E-state index contributed by atoms with van der Waals surface area (Å²) in [7, 11) is 0. The summed E-state index contributed by atoms with van der Waals surface area (Å²) in [5, 5.41) is 19.9. The molecule has 0 aliphatic carbocycles. The minimum Gasteiger partial charge on any atom is -0.480 e. The van der Waals surface area contributed by atoms with Crippen molar-refractivity contribution in [3.63, 3.8) is 0 Å². The lowest BCUT2D eigenvalue weighted by molar-refractivity contribution is -0.139. The number of nitrogens with one attached hydrogen (secondary N) is 1. The zero-order chi connectivity index (χ0) is 12.7. The first kappa shape index (κ1) is 13.7. The molecule has 1 saturated heterocycles. The second-order valence-corrected chi connectivity index (χ2v) is 3.81. The number of carbonyl (C=O) groups is 2. The first-order valence-corrected chi connectivity index (χ1v) is 5.62. The first-order chi connectivity index (χ1) is 8.15. The number of hydrogen-bond acceptors (Lipinski definition) is 4. The lowest BCUT2D eigenvalue weighted by atomic mass is 10.2. The molecule has 7 heteroatoms. The number of aliphatic hydroxyl groups is 1. The smallest absolute Gasteiger partial charge is 0.326 e. The van der Waals surface area contributed by atoms with Crippen molar-refractivity contribution in [2.24, 2.45) is 0 Å². The minimum absolute atomic E-state index is 0.00537. The quantitative estimate of drug-likeness (QED) is 0.606. The first-order valence-electron chi connectivity index (χ1n) is 5.62. The Morgan fingerprint density at radius 1 is 1.35 bits per heavy atom. The van der Waals surface area contributed by atoms with Gasteiger partial charge in [-0.2, -0.15) is 0 Å². The third-order valence-corrected chi connectivity index (χ3v) is 2.52. The summed E-state index contributed by atoms with van der Waals surface area (Å²) < 4.78 is 5.20. The van der Waals surface area contributed by atoms with Crippen LogP contribution in [0.3, 0.4) is 0 Å². The molecule has 1 fully saturated rings. The molecule has 0 aromatic heterocycles. The van der Waals surface area contributed by atoms with Gasteiger partial charge in [0.2, 0.25) is 0 Å². The number of rotatable bonds is 4. The van der Waals surface area contributed by atoms with Gasteiger partial charge in [-0.1, -0.05) is 0 Å². The van der Waals surface area contributed by atoms with Gasteiger partial charge in [0.25, 0.3) is 0 Å².